The Hall–Kier alpha value is -3.73. The highest BCUT2D eigenvalue weighted by Crippen LogP contribution is 2.49. The van der Waals surface area contributed by atoms with Crippen molar-refractivity contribution in [1.29, 1.82) is 0 Å². The van der Waals surface area contributed by atoms with Crippen molar-refractivity contribution in [2.75, 3.05) is 12.1 Å². The number of hydrogen-bond donors (Lipinski definition) is 1. The number of benzene rings is 3. The molecule has 0 spiro atoms. The largest absolute Gasteiger partial charge is 0.454 e. The van der Waals surface area contributed by atoms with E-state index in [9.17, 15) is 4.79 Å². The lowest BCUT2D eigenvalue weighted by molar-refractivity contribution is -0.118. The molecule has 0 saturated heterocycles. The summed E-state index contributed by atoms with van der Waals surface area (Å²) in [5, 5.41) is 6.26. The molecule has 0 amide bonds. The van der Waals surface area contributed by atoms with Crippen LogP contribution in [0.5, 0.6) is 11.5 Å². The van der Waals surface area contributed by atoms with Crippen LogP contribution in [-0.2, 0) is 17.8 Å². The lowest BCUT2D eigenvalue weighted by Crippen LogP contribution is -2.34. The van der Waals surface area contributed by atoms with Crippen molar-refractivity contribution in [2.24, 2.45) is 5.41 Å². The van der Waals surface area contributed by atoms with Gasteiger partial charge >= 0.3 is 0 Å². The van der Waals surface area contributed by atoms with Gasteiger partial charge in [0, 0.05) is 57.6 Å². The van der Waals surface area contributed by atoms with E-state index in [1.807, 2.05) is 6.07 Å². The fourth-order valence-corrected chi connectivity index (χ4v) is 6.53. The van der Waals surface area contributed by atoms with Gasteiger partial charge in [0.25, 0.3) is 0 Å². The molecule has 0 radical (unpaired) electrons. The van der Waals surface area contributed by atoms with Crippen LogP contribution in [0.15, 0.2) is 65.9 Å². The Morgan fingerprint density at radius 3 is 2.67 bits per heavy atom. The summed E-state index contributed by atoms with van der Waals surface area (Å²) in [4.78, 5) is 13.6. The van der Waals surface area contributed by atoms with Gasteiger partial charge in [-0.05, 0) is 66.6 Å². The van der Waals surface area contributed by atoms with Crippen molar-refractivity contribution in [3.05, 3.63) is 77.0 Å². The van der Waals surface area contributed by atoms with Gasteiger partial charge in [-0.1, -0.05) is 38.1 Å². The number of ether oxygens (including phenoxy) is 2. The molecule has 1 unspecified atom stereocenters. The summed E-state index contributed by atoms with van der Waals surface area (Å²) in [6, 6.07) is 19.4. The van der Waals surface area contributed by atoms with E-state index in [2.05, 4.69) is 79.2 Å². The van der Waals surface area contributed by atoms with Gasteiger partial charge < -0.3 is 19.4 Å². The summed E-state index contributed by atoms with van der Waals surface area (Å²) >= 11 is 0. The SMILES string of the molecule is CCn1c2ccccc2c2cc3c(cc21)C(Cc1ccc2c(c1)OCO2)C1=C(CC(C)(C)CC1=O)N3. The zero-order valence-electron chi connectivity index (χ0n) is 21.0. The second-order valence-corrected chi connectivity index (χ2v) is 11.1. The van der Waals surface area contributed by atoms with Crippen LogP contribution in [0.1, 0.15) is 50.7 Å². The molecule has 3 aliphatic rings. The van der Waals surface area contributed by atoms with Gasteiger partial charge in [0.05, 0.1) is 0 Å². The van der Waals surface area contributed by atoms with Crippen molar-refractivity contribution in [1.82, 2.24) is 4.57 Å². The highest BCUT2D eigenvalue weighted by atomic mass is 16.7. The number of aromatic nitrogens is 1. The maximum atomic E-state index is 13.6. The molecule has 3 heterocycles. The second kappa shape index (κ2) is 7.63. The Labute approximate surface area is 210 Å². The number of carbonyl (C=O) groups is 1. The summed E-state index contributed by atoms with van der Waals surface area (Å²) < 4.78 is 13.6. The summed E-state index contributed by atoms with van der Waals surface area (Å²) in [5.41, 5.74) is 7.94. The Balaban J connectivity index is 1.43. The standard InChI is InChI=1S/C31H30N2O3/c1-4-33-25-8-6-5-7-19(25)21-13-23-20(14-26(21)33)22(11-18-9-10-28-29(12-18)36-17-35-28)30-24(32-23)15-31(2,3)16-27(30)34/h5-10,12-14,22,32H,4,11,15-17H2,1-3H3. The molecule has 1 aliphatic carbocycles. The number of nitrogens with zero attached hydrogens (tertiary/aromatic N) is 1. The highest BCUT2D eigenvalue weighted by Gasteiger charge is 2.40. The normalized spacial score (nSPS) is 20.0. The Bertz CT molecular complexity index is 1610. The molecule has 0 bridgehead atoms. The molecule has 0 fully saturated rings. The number of para-hydroxylation sites is 1. The molecule has 1 aromatic heterocycles. The van der Waals surface area contributed by atoms with E-state index in [-0.39, 0.29) is 23.9 Å². The van der Waals surface area contributed by atoms with E-state index in [1.54, 1.807) is 0 Å². The lowest BCUT2D eigenvalue weighted by Gasteiger charge is -2.39. The van der Waals surface area contributed by atoms with Crippen molar-refractivity contribution in [3.63, 3.8) is 0 Å². The Morgan fingerprint density at radius 2 is 1.81 bits per heavy atom. The number of rotatable bonds is 3. The maximum Gasteiger partial charge on any atom is 0.231 e. The molecule has 1 N–H and O–H groups in total. The summed E-state index contributed by atoms with van der Waals surface area (Å²) in [6.07, 6.45) is 2.20. The number of ketones is 1. The fraction of sp³-hybridized carbons (Fsp3) is 0.323. The minimum Gasteiger partial charge on any atom is -0.454 e. The molecule has 0 saturated carbocycles. The average molecular weight is 479 g/mol. The minimum atomic E-state index is -0.0495. The first-order valence-electron chi connectivity index (χ1n) is 12.9. The number of nitrogens with one attached hydrogen (secondary N) is 1. The van der Waals surface area contributed by atoms with Crippen LogP contribution < -0.4 is 14.8 Å². The average Bonchev–Trinajstić information content (AvgIpc) is 3.43. The van der Waals surface area contributed by atoms with E-state index in [4.69, 9.17) is 9.47 Å². The number of aryl methyl sites for hydroxylation is 1. The van der Waals surface area contributed by atoms with E-state index < -0.39 is 0 Å². The van der Waals surface area contributed by atoms with Gasteiger partial charge in [-0.25, -0.2) is 0 Å². The van der Waals surface area contributed by atoms with E-state index in [1.165, 1.54) is 27.4 Å². The maximum absolute atomic E-state index is 13.6. The number of anilines is 1. The molecule has 4 aromatic rings. The zero-order chi connectivity index (χ0) is 24.6. The smallest absolute Gasteiger partial charge is 0.231 e. The number of Topliss-reactive ketones (excluding diaryl/α,β-unsaturated/α-hetero) is 1. The first kappa shape index (κ1) is 21.5. The summed E-state index contributed by atoms with van der Waals surface area (Å²) in [5.74, 6) is 1.83. The summed E-state index contributed by atoms with van der Waals surface area (Å²) in [6.45, 7) is 7.73. The summed E-state index contributed by atoms with van der Waals surface area (Å²) in [7, 11) is 0. The van der Waals surface area contributed by atoms with Gasteiger partial charge in [0.15, 0.2) is 17.3 Å². The third-order valence-corrected chi connectivity index (χ3v) is 8.07. The molecule has 36 heavy (non-hydrogen) atoms. The molecule has 182 valence electrons. The van der Waals surface area contributed by atoms with Gasteiger partial charge in [-0.2, -0.15) is 0 Å². The highest BCUT2D eigenvalue weighted by molar-refractivity contribution is 6.10. The number of hydrogen-bond acceptors (Lipinski definition) is 4. The van der Waals surface area contributed by atoms with Crippen LogP contribution >= 0.6 is 0 Å². The van der Waals surface area contributed by atoms with Gasteiger partial charge in [-0.3, -0.25) is 4.79 Å². The topological polar surface area (TPSA) is 52.5 Å². The molecular formula is C31H30N2O3. The van der Waals surface area contributed by atoms with Gasteiger partial charge in [-0.15, -0.1) is 0 Å². The predicted molar refractivity (Wildman–Crippen MR) is 143 cm³/mol. The first-order chi connectivity index (χ1) is 17.4. The minimum absolute atomic E-state index is 0.00654. The monoisotopic (exact) mass is 478 g/mol. The lowest BCUT2D eigenvalue weighted by atomic mass is 9.69. The van der Waals surface area contributed by atoms with Crippen LogP contribution in [0.4, 0.5) is 5.69 Å². The molecule has 2 aliphatic heterocycles. The van der Waals surface area contributed by atoms with E-state index in [0.717, 1.165) is 53.4 Å². The Morgan fingerprint density at radius 1 is 0.972 bits per heavy atom. The van der Waals surface area contributed by atoms with E-state index in [0.29, 0.717) is 6.42 Å². The molecule has 5 heteroatoms. The number of fused-ring (bicyclic) bond motifs is 5. The van der Waals surface area contributed by atoms with Crippen molar-refractivity contribution in [2.45, 2.75) is 52.5 Å². The van der Waals surface area contributed by atoms with Crippen LogP contribution in [0.25, 0.3) is 21.8 Å². The van der Waals surface area contributed by atoms with Crippen LogP contribution in [-0.4, -0.2) is 17.1 Å². The second-order valence-electron chi connectivity index (χ2n) is 11.1. The number of allylic oxidation sites excluding steroid dienone is 2. The molecule has 3 aromatic carbocycles. The number of carbonyl (C=O) groups excluding carboxylic acids is 1. The quantitative estimate of drug-likeness (QED) is 0.347. The fourth-order valence-electron chi connectivity index (χ4n) is 6.53. The predicted octanol–water partition coefficient (Wildman–Crippen LogP) is 6.94. The van der Waals surface area contributed by atoms with E-state index >= 15 is 0 Å². The molecule has 1 atom stereocenters. The van der Waals surface area contributed by atoms with Crippen LogP contribution in [0.2, 0.25) is 0 Å². The first-order valence-corrected chi connectivity index (χ1v) is 12.9. The molecule has 7 rings (SSSR count). The zero-order valence-corrected chi connectivity index (χ0v) is 21.0. The molecule has 5 nitrogen and oxygen atoms in total. The third-order valence-electron chi connectivity index (χ3n) is 8.07. The van der Waals surface area contributed by atoms with Crippen molar-refractivity contribution < 1.29 is 14.3 Å². The van der Waals surface area contributed by atoms with Gasteiger partial charge in [0.2, 0.25) is 6.79 Å². The van der Waals surface area contributed by atoms with Crippen molar-refractivity contribution in [3.8, 4) is 11.5 Å². The van der Waals surface area contributed by atoms with Crippen LogP contribution in [0.3, 0.4) is 0 Å². The van der Waals surface area contributed by atoms with Gasteiger partial charge in [0.1, 0.15) is 0 Å². The van der Waals surface area contributed by atoms with Crippen LogP contribution in [0, 0.1) is 5.41 Å². The third kappa shape index (κ3) is 3.18. The Kier molecular flexibility index (Phi) is 4.57. The van der Waals surface area contributed by atoms with Crippen molar-refractivity contribution >= 4 is 33.3 Å². The molecular weight excluding hydrogens is 448 g/mol.